The normalized spacial score (nSPS) is 17.7. The summed E-state index contributed by atoms with van der Waals surface area (Å²) in [5.41, 5.74) is 3.42. The molecule has 1 atom stereocenters. The van der Waals surface area contributed by atoms with E-state index in [0.29, 0.717) is 5.03 Å². The van der Waals surface area contributed by atoms with Crippen molar-refractivity contribution in [2.45, 2.75) is 16.8 Å². The van der Waals surface area contributed by atoms with Gasteiger partial charge in [0, 0.05) is 32.4 Å². The van der Waals surface area contributed by atoms with Crippen molar-refractivity contribution in [3.8, 4) is 5.88 Å². The van der Waals surface area contributed by atoms with Gasteiger partial charge in [-0.1, -0.05) is 0 Å². The van der Waals surface area contributed by atoms with E-state index in [4.69, 9.17) is 15.2 Å². The molecule has 1 fully saturated rings. The van der Waals surface area contributed by atoms with E-state index in [1.165, 1.54) is 23.2 Å². The van der Waals surface area contributed by atoms with Gasteiger partial charge in [0.05, 0.1) is 12.7 Å². The van der Waals surface area contributed by atoms with Gasteiger partial charge in [-0.2, -0.15) is 18.2 Å². The fourth-order valence-electron chi connectivity index (χ4n) is 3.46. The molecule has 2 aromatic heterocycles. The highest BCUT2D eigenvalue weighted by molar-refractivity contribution is 8.00. The van der Waals surface area contributed by atoms with Crippen LogP contribution in [0, 0.1) is 0 Å². The molecule has 0 bridgehead atoms. The number of carbonyl (C=O) groups is 3. The number of hydrogen-bond acceptors (Lipinski definition) is 9. The Morgan fingerprint density at radius 3 is 2.34 bits per heavy atom. The van der Waals surface area contributed by atoms with Crippen LogP contribution in [0.2, 0.25) is 0 Å². The number of halogens is 3. The van der Waals surface area contributed by atoms with Crippen LogP contribution in [0.1, 0.15) is 16.1 Å². The van der Waals surface area contributed by atoms with Crippen LogP contribution in [0.3, 0.4) is 0 Å². The third kappa shape index (κ3) is 4.87. The van der Waals surface area contributed by atoms with E-state index < -0.39 is 35.5 Å². The fraction of sp³-hybridized carbons (Fsp3) is 0.368. The standard InChI is InChI=1S/C19H18F3N7O5S/c1-33-13-12-14(26-9-25-13)35-18(29(12)16(23)31)34-17(32)28-6-4-27(5-7-28)15(30)10-2-3-11(24-8-10)19(20,21)22/h2-3,8-9,18H,4-7H2,1H3,(H2,23,31). The van der Waals surface area contributed by atoms with Gasteiger partial charge in [-0.15, -0.1) is 0 Å². The number of pyridine rings is 1. The lowest BCUT2D eigenvalue weighted by atomic mass is 10.2. The molecule has 0 radical (unpaired) electrons. The first-order chi connectivity index (χ1) is 16.6. The van der Waals surface area contributed by atoms with Crippen molar-refractivity contribution in [2.75, 3.05) is 38.2 Å². The number of nitrogens with two attached hydrogens (primary N) is 1. The van der Waals surface area contributed by atoms with Gasteiger partial charge in [-0.3, -0.25) is 9.78 Å². The number of rotatable bonds is 3. The zero-order valence-corrected chi connectivity index (χ0v) is 18.9. The van der Waals surface area contributed by atoms with Gasteiger partial charge in [0.25, 0.3) is 5.91 Å². The molecule has 2 aliphatic rings. The van der Waals surface area contributed by atoms with Crippen LogP contribution in [-0.2, 0) is 10.9 Å². The first-order valence-corrected chi connectivity index (χ1v) is 10.9. The van der Waals surface area contributed by atoms with Gasteiger partial charge in [0.15, 0.2) is 0 Å². The van der Waals surface area contributed by atoms with E-state index >= 15 is 0 Å². The summed E-state index contributed by atoms with van der Waals surface area (Å²) in [5.74, 6) is -0.420. The summed E-state index contributed by atoms with van der Waals surface area (Å²) < 4.78 is 48.6. The number of fused-ring (bicyclic) bond motifs is 1. The summed E-state index contributed by atoms with van der Waals surface area (Å²) in [6.45, 7) is 0.434. The molecule has 35 heavy (non-hydrogen) atoms. The average Bonchev–Trinajstić information content (AvgIpc) is 3.21. The fourth-order valence-corrected chi connectivity index (χ4v) is 4.50. The molecule has 2 aromatic rings. The second kappa shape index (κ2) is 9.44. The van der Waals surface area contributed by atoms with Crippen LogP contribution in [-0.4, -0.2) is 81.6 Å². The number of amides is 4. The Kier molecular flexibility index (Phi) is 6.56. The van der Waals surface area contributed by atoms with Gasteiger partial charge < -0.3 is 25.0 Å². The summed E-state index contributed by atoms with van der Waals surface area (Å²) >= 11 is 0.973. The number of urea groups is 1. The predicted molar refractivity (Wildman–Crippen MR) is 113 cm³/mol. The van der Waals surface area contributed by atoms with Gasteiger partial charge in [0.2, 0.25) is 11.4 Å². The van der Waals surface area contributed by atoms with E-state index in [0.717, 1.165) is 35.0 Å². The van der Waals surface area contributed by atoms with Gasteiger partial charge in [-0.25, -0.2) is 19.5 Å². The third-order valence-corrected chi connectivity index (χ3v) is 6.21. The molecular formula is C19H18F3N7O5S. The van der Waals surface area contributed by atoms with Gasteiger partial charge >= 0.3 is 18.3 Å². The lowest BCUT2D eigenvalue weighted by molar-refractivity contribution is -0.141. The number of nitrogens with zero attached hydrogens (tertiary/aromatic N) is 6. The molecule has 2 aliphatic heterocycles. The Morgan fingerprint density at radius 1 is 1.09 bits per heavy atom. The van der Waals surface area contributed by atoms with E-state index in [1.807, 2.05) is 0 Å². The first-order valence-electron chi connectivity index (χ1n) is 10.0. The molecule has 2 N–H and O–H groups in total. The maximum Gasteiger partial charge on any atom is 0.433 e. The second-order valence-corrected chi connectivity index (χ2v) is 8.29. The van der Waals surface area contributed by atoms with Crippen LogP contribution in [0.25, 0.3) is 0 Å². The highest BCUT2D eigenvalue weighted by atomic mass is 32.2. The molecule has 4 amide bonds. The molecule has 0 spiro atoms. The molecule has 12 nitrogen and oxygen atoms in total. The molecule has 1 saturated heterocycles. The molecule has 4 heterocycles. The number of piperazine rings is 1. The van der Waals surface area contributed by atoms with Crippen molar-refractivity contribution >= 4 is 35.5 Å². The highest BCUT2D eigenvalue weighted by Gasteiger charge is 2.42. The molecule has 4 rings (SSSR count). The van der Waals surface area contributed by atoms with Crippen LogP contribution >= 0.6 is 11.8 Å². The number of carbonyl (C=O) groups excluding carboxylic acids is 3. The summed E-state index contributed by atoms with van der Waals surface area (Å²) in [4.78, 5) is 52.4. The summed E-state index contributed by atoms with van der Waals surface area (Å²) in [6, 6.07) is 0.897. The molecule has 0 aromatic carbocycles. The van der Waals surface area contributed by atoms with E-state index in [1.54, 1.807) is 0 Å². The average molecular weight is 513 g/mol. The van der Waals surface area contributed by atoms with E-state index in [9.17, 15) is 27.6 Å². The molecule has 186 valence electrons. The topological polar surface area (TPSA) is 144 Å². The highest BCUT2D eigenvalue weighted by Crippen LogP contribution is 2.46. The number of aromatic nitrogens is 3. The Labute approximate surface area is 200 Å². The molecule has 0 aliphatic carbocycles. The summed E-state index contributed by atoms with van der Waals surface area (Å²) in [6.07, 6.45) is -3.25. The van der Waals surface area contributed by atoms with Crippen LogP contribution in [0.15, 0.2) is 29.7 Å². The number of anilines is 1. The van der Waals surface area contributed by atoms with Crippen LogP contribution in [0.5, 0.6) is 5.88 Å². The molecular weight excluding hydrogens is 495 g/mol. The van der Waals surface area contributed by atoms with Gasteiger partial charge in [0.1, 0.15) is 22.7 Å². The minimum Gasteiger partial charge on any atom is -0.479 e. The monoisotopic (exact) mass is 513 g/mol. The Morgan fingerprint density at radius 2 is 1.77 bits per heavy atom. The smallest absolute Gasteiger partial charge is 0.433 e. The molecule has 16 heteroatoms. The van der Waals surface area contributed by atoms with Crippen molar-refractivity contribution in [3.05, 3.63) is 35.9 Å². The van der Waals surface area contributed by atoms with Gasteiger partial charge in [-0.05, 0) is 23.9 Å². The Bertz CT molecular complexity index is 1140. The minimum absolute atomic E-state index is 0.00121. The van der Waals surface area contributed by atoms with Crippen molar-refractivity contribution in [3.63, 3.8) is 0 Å². The second-order valence-electron chi connectivity index (χ2n) is 7.26. The number of ether oxygens (including phenoxy) is 2. The first kappa shape index (κ1) is 24.3. The summed E-state index contributed by atoms with van der Waals surface area (Å²) in [7, 11) is 1.35. The lowest BCUT2D eigenvalue weighted by Gasteiger charge is -2.35. The minimum atomic E-state index is -4.60. The summed E-state index contributed by atoms with van der Waals surface area (Å²) in [5, 5.41) is 0.342. The van der Waals surface area contributed by atoms with Crippen LogP contribution in [0.4, 0.5) is 28.4 Å². The Balaban J connectivity index is 1.36. The number of alkyl halides is 3. The van der Waals surface area contributed by atoms with E-state index in [-0.39, 0.29) is 43.3 Å². The predicted octanol–water partition coefficient (Wildman–Crippen LogP) is 1.77. The number of thioether (sulfide) groups is 1. The quantitative estimate of drug-likeness (QED) is 0.607. The third-order valence-electron chi connectivity index (χ3n) is 5.18. The Hall–Kier alpha value is -3.82. The van der Waals surface area contributed by atoms with E-state index in [2.05, 4.69) is 15.0 Å². The van der Waals surface area contributed by atoms with Crippen molar-refractivity contribution in [1.82, 2.24) is 24.8 Å². The maximum absolute atomic E-state index is 12.7. The number of methoxy groups -OCH3 is 1. The number of hydrogen-bond donors (Lipinski definition) is 1. The number of primary amides is 1. The zero-order chi connectivity index (χ0) is 25.3. The van der Waals surface area contributed by atoms with Crippen molar-refractivity contribution in [1.29, 1.82) is 0 Å². The van der Waals surface area contributed by atoms with Crippen molar-refractivity contribution in [2.24, 2.45) is 5.73 Å². The van der Waals surface area contributed by atoms with Crippen molar-refractivity contribution < 1.29 is 37.0 Å². The maximum atomic E-state index is 12.7. The SMILES string of the molecule is COc1ncnc2c1N(C(N)=O)C(OC(=O)N1CCN(C(=O)c3ccc(C(F)(F)F)nc3)CC1)S2. The zero-order valence-electron chi connectivity index (χ0n) is 18.1. The molecule has 0 saturated carbocycles. The molecule has 1 unspecified atom stereocenters. The largest absolute Gasteiger partial charge is 0.479 e. The lowest BCUT2D eigenvalue weighted by Crippen LogP contribution is -2.52. The van der Waals surface area contributed by atoms with Crippen LogP contribution < -0.4 is 15.4 Å².